The molecule has 0 saturated carbocycles. The highest BCUT2D eigenvalue weighted by Crippen LogP contribution is 2.32. The Labute approximate surface area is 271 Å². The molecule has 2 unspecified atom stereocenters. The molecule has 0 radical (unpaired) electrons. The molecule has 9 heteroatoms. The van der Waals surface area contributed by atoms with Crippen molar-refractivity contribution in [2.24, 2.45) is 5.16 Å². The van der Waals surface area contributed by atoms with Crippen molar-refractivity contribution in [3.63, 3.8) is 0 Å². The van der Waals surface area contributed by atoms with Crippen LogP contribution in [0, 0.1) is 5.82 Å². The van der Waals surface area contributed by atoms with E-state index >= 15 is 0 Å². The number of carboxylic acids is 1. The molecule has 0 aliphatic rings. The molecule has 4 aromatic rings. The molecule has 4 aromatic carbocycles. The number of carboxylic acid groups (broad SMARTS) is 1. The monoisotopic (exact) mass is 643 g/mol. The van der Waals surface area contributed by atoms with E-state index in [1.165, 1.54) is 24.3 Å². The van der Waals surface area contributed by atoms with Crippen LogP contribution in [0.15, 0.2) is 102 Å². The summed E-state index contributed by atoms with van der Waals surface area (Å²) < 4.78 is 30.4. The van der Waals surface area contributed by atoms with Crippen LogP contribution in [0.5, 0.6) is 17.2 Å². The van der Waals surface area contributed by atoms with E-state index in [0.717, 1.165) is 39.8 Å². The Morgan fingerprint density at radius 2 is 1.37 bits per heavy atom. The lowest BCUT2D eigenvalue weighted by Gasteiger charge is -2.28. The van der Waals surface area contributed by atoms with Gasteiger partial charge < -0.3 is 24.2 Å². The normalized spacial score (nSPS) is 13.0. The first kappa shape index (κ1) is 34.2. The predicted octanol–water partition coefficient (Wildman–Crippen LogP) is 8.67. The molecule has 0 heterocycles. The fraction of sp³-hybridized carbons (Fsp3) is 0.297. The topological polar surface area (TPSA) is 86.6 Å². The SMILES string of the molecule is COc1ccc(-c2ccc(C(C)=NOCCOc3ccc(C(CC[Si](C)(C)C)C(Oc4ccc(F)cc4)C(=O)O)cc3)cc2)cc1. The number of methoxy groups -OCH3 is 1. The number of rotatable bonds is 16. The highest BCUT2D eigenvalue weighted by molar-refractivity contribution is 6.76. The molecule has 0 bridgehead atoms. The maximum Gasteiger partial charge on any atom is 0.345 e. The van der Waals surface area contributed by atoms with Crippen LogP contribution < -0.4 is 14.2 Å². The van der Waals surface area contributed by atoms with E-state index in [9.17, 15) is 14.3 Å². The lowest BCUT2D eigenvalue weighted by atomic mass is 9.90. The highest BCUT2D eigenvalue weighted by Gasteiger charge is 2.33. The summed E-state index contributed by atoms with van der Waals surface area (Å²) in [5.74, 6) is -0.0938. The average molecular weight is 644 g/mol. The van der Waals surface area contributed by atoms with Gasteiger partial charge in [-0.1, -0.05) is 79.4 Å². The molecule has 0 aliphatic heterocycles. The van der Waals surface area contributed by atoms with Crippen molar-refractivity contribution in [1.82, 2.24) is 0 Å². The van der Waals surface area contributed by atoms with Gasteiger partial charge in [0.05, 0.1) is 12.8 Å². The number of hydrogen-bond donors (Lipinski definition) is 1. The van der Waals surface area contributed by atoms with Gasteiger partial charge in [-0.15, -0.1) is 0 Å². The third-order valence-electron chi connectivity index (χ3n) is 7.57. The zero-order valence-electron chi connectivity index (χ0n) is 27.0. The van der Waals surface area contributed by atoms with E-state index in [4.69, 9.17) is 19.0 Å². The van der Waals surface area contributed by atoms with Gasteiger partial charge in [-0.2, -0.15) is 0 Å². The van der Waals surface area contributed by atoms with Crippen molar-refractivity contribution >= 4 is 19.8 Å². The van der Waals surface area contributed by atoms with Crippen molar-refractivity contribution < 1.29 is 33.3 Å². The van der Waals surface area contributed by atoms with E-state index in [1.807, 2.05) is 79.7 Å². The minimum Gasteiger partial charge on any atom is -0.497 e. The predicted molar refractivity (Wildman–Crippen MR) is 182 cm³/mol. The standard InChI is InChI=1S/C37H42FNO6Si/c1-26(27-6-8-28(9-7-27)29-10-16-32(42-2)17-11-29)39-44-24-23-43-33-18-12-30(13-19-33)35(22-25-46(3,4)5)36(37(40)41)45-34-20-14-31(38)15-21-34/h6-21,35-36H,22-25H2,1-5H3,(H,40,41). The first-order chi connectivity index (χ1) is 22.0. The van der Waals surface area contributed by atoms with Crippen molar-refractivity contribution in [3.05, 3.63) is 114 Å². The summed E-state index contributed by atoms with van der Waals surface area (Å²) in [7, 11) is 0.182. The fourth-order valence-electron chi connectivity index (χ4n) is 4.94. The Morgan fingerprint density at radius 1 is 0.804 bits per heavy atom. The zero-order chi connectivity index (χ0) is 33.1. The third-order valence-corrected chi connectivity index (χ3v) is 9.36. The molecule has 0 aromatic heterocycles. The molecule has 242 valence electrons. The van der Waals surface area contributed by atoms with E-state index in [-0.39, 0.29) is 13.2 Å². The Kier molecular flexibility index (Phi) is 12.0. The maximum absolute atomic E-state index is 13.4. The Balaban J connectivity index is 1.33. The van der Waals surface area contributed by atoms with Crippen LogP contribution in [-0.4, -0.2) is 51.3 Å². The molecule has 46 heavy (non-hydrogen) atoms. The van der Waals surface area contributed by atoms with Crippen LogP contribution in [0.2, 0.25) is 25.7 Å². The number of benzene rings is 4. The Hall–Kier alpha value is -4.63. The summed E-state index contributed by atoms with van der Waals surface area (Å²) in [6, 6.07) is 29.8. The molecule has 2 atom stereocenters. The molecule has 0 aliphatic carbocycles. The smallest absolute Gasteiger partial charge is 0.345 e. The highest BCUT2D eigenvalue weighted by atomic mass is 28.3. The van der Waals surface area contributed by atoms with E-state index < -0.39 is 31.9 Å². The van der Waals surface area contributed by atoms with Gasteiger partial charge in [0.1, 0.15) is 29.7 Å². The number of nitrogens with zero attached hydrogens (tertiary/aromatic N) is 1. The van der Waals surface area contributed by atoms with E-state index in [0.29, 0.717) is 17.9 Å². The largest absolute Gasteiger partial charge is 0.497 e. The zero-order valence-corrected chi connectivity index (χ0v) is 28.0. The molecule has 0 fully saturated rings. The Morgan fingerprint density at radius 3 is 1.93 bits per heavy atom. The lowest BCUT2D eigenvalue weighted by Crippen LogP contribution is -2.35. The molecule has 0 saturated heterocycles. The van der Waals surface area contributed by atoms with Crippen LogP contribution in [-0.2, 0) is 9.63 Å². The number of halogens is 1. The second-order valence-corrected chi connectivity index (χ2v) is 17.9. The molecule has 1 N–H and O–H groups in total. The van der Waals surface area contributed by atoms with Gasteiger partial charge >= 0.3 is 5.97 Å². The quantitative estimate of drug-likeness (QED) is 0.0569. The van der Waals surface area contributed by atoms with Gasteiger partial charge in [-0.3, -0.25) is 0 Å². The van der Waals surface area contributed by atoms with E-state index in [1.54, 1.807) is 7.11 Å². The summed E-state index contributed by atoms with van der Waals surface area (Å²) in [5.41, 5.74) is 4.76. The first-order valence-corrected chi connectivity index (χ1v) is 19.0. The fourth-order valence-corrected chi connectivity index (χ4v) is 6.11. The maximum atomic E-state index is 13.4. The van der Waals surface area contributed by atoms with Crippen LogP contribution in [0.4, 0.5) is 4.39 Å². The van der Waals surface area contributed by atoms with Gasteiger partial charge in [0, 0.05) is 14.0 Å². The number of oxime groups is 1. The van der Waals surface area contributed by atoms with E-state index in [2.05, 4.69) is 24.8 Å². The van der Waals surface area contributed by atoms with Gasteiger partial charge in [0.2, 0.25) is 6.10 Å². The second kappa shape index (κ2) is 16.1. The van der Waals surface area contributed by atoms with Crippen molar-refractivity contribution in [2.45, 2.75) is 51.1 Å². The average Bonchev–Trinajstić information content (AvgIpc) is 3.05. The number of hydrogen-bond acceptors (Lipinski definition) is 6. The minimum absolute atomic E-state index is 0.258. The summed E-state index contributed by atoms with van der Waals surface area (Å²) >= 11 is 0. The van der Waals surface area contributed by atoms with Crippen LogP contribution >= 0.6 is 0 Å². The van der Waals surface area contributed by atoms with Crippen LogP contribution in [0.1, 0.15) is 30.4 Å². The van der Waals surface area contributed by atoms with Gasteiger partial charge in [0.25, 0.3) is 0 Å². The molecule has 4 rings (SSSR count). The molecule has 0 spiro atoms. The minimum atomic E-state index is -1.47. The summed E-state index contributed by atoms with van der Waals surface area (Å²) in [6.07, 6.45) is -0.467. The van der Waals surface area contributed by atoms with Crippen molar-refractivity contribution in [3.8, 4) is 28.4 Å². The first-order valence-electron chi connectivity index (χ1n) is 15.3. The third kappa shape index (κ3) is 10.2. The molecular formula is C37H42FNO6Si. The van der Waals surface area contributed by atoms with Crippen molar-refractivity contribution in [1.29, 1.82) is 0 Å². The Bertz CT molecular complexity index is 1570. The van der Waals surface area contributed by atoms with Crippen LogP contribution in [0.3, 0.4) is 0 Å². The number of ether oxygens (including phenoxy) is 3. The number of carbonyl (C=O) groups is 1. The van der Waals surface area contributed by atoms with Gasteiger partial charge in [-0.25, -0.2) is 9.18 Å². The lowest BCUT2D eigenvalue weighted by molar-refractivity contribution is -0.146. The molecule has 0 amide bonds. The second-order valence-electron chi connectivity index (χ2n) is 12.3. The van der Waals surface area contributed by atoms with Gasteiger partial charge in [-0.05, 0) is 84.1 Å². The molecular weight excluding hydrogens is 601 g/mol. The summed E-state index contributed by atoms with van der Waals surface area (Å²) in [6.45, 7) is 9.21. The van der Waals surface area contributed by atoms with Gasteiger partial charge in [0.15, 0.2) is 6.61 Å². The molecule has 7 nitrogen and oxygen atoms in total. The van der Waals surface area contributed by atoms with Crippen LogP contribution in [0.25, 0.3) is 11.1 Å². The number of aliphatic carboxylic acids is 1. The summed E-state index contributed by atoms with van der Waals surface area (Å²) in [5, 5.41) is 14.4. The van der Waals surface area contributed by atoms with Crippen molar-refractivity contribution in [2.75, 3.05) is 20.3 Å². The summed E-state index contributed by atoms with van der Waals surface area (Å²) in [4.78, 5) is 17.9.